The van der Waals surface area contributed by atoms with Crippen LogP contribution in [0.1, 0.15) is 12.0 Å². The predicted molar refractivity (Wildman–Crippen MR) is 103 cm³/mol. The fourth-order valence-electron chi connectivity index (χ4n) is 3.92. The Bertz CT molecular complexity index is 821. The van der Waals surface area contributed by atoms with Crippen molar-refractivity contribution in [3.05, 3.63) is 66.4 Å². The minimum Gasteiger partial charge on any atom is -0.497 e. The molecular weight excluding hydrogens is 308 g/mol. The molecule has 4 rings (SSSR count). The number of hydrogen-bond donors (Lipinski definition) is 0. The van der Waals surface area contributed by atoms with Gasteiger partial charge in [-0.15, -0.1) is 0 Å². The maximum atomic E-state index is 5.23. The average molecular weight is 334 g/mol. The van der Waals surface area contributed by atoms with Crippen molar-refractivity contribution in [1.82, 2.24) is 9.47 Å². The Morgan fingerprint density at radius 3 is 2.72 bits per heavy atom. The van der Waals surface area contributed by atoms with Gasteiger partial charge in [0.15, 0.2) is 0 Å². The lowest BCUT2D eigenvalue weighted by Crippen LogP contribution is -2.24. The molecule has 0 N–H and O–H groups in total. The fraction of sp³-hybridized carbons (Fsp3) is 0.364. The van der Waals surface area contributed by atoms with Crippen LogP contribution in [0.5, 0.6) is 5.75 Å². The van der Waals surface area contributed by atoms with Crippen LogP contribution in [0.2, 0.25) is 0 Å². The predicted octanol–water partition coefficient (Wildman–Crippen LogP) is 4.21. The number of likely N-dealkylation sites (tertiary alicyclic amines) is 1. The normalized spacial score (nSPS) is 18.0. The molecule has 2 heterocycles. The van der Waals surface area contributed by atoms with Crippen molar-refractivity contribution in [2.45, 2.75) is 19.4 Å². The van der Waals surface area contributed by atoms with Gasteiger partial charge < -0.3 is 14.2 Å². The molecule has 0 saturated carbocycles. The van der Waals surface area contributed by atoms with Crippen LogP contribution < -0.4 is 4.74 Å². The summed E-state index contributed by atoms with van der Waals surface area (Å²) in [6, 6.07) is 19.4. The molecule has 1 aliphatic rings. The van der Waals surface area contributed by atoms with E-state index in [2.05, 4.69) is 70.3 Å². The Balaban J connectivity index is 1.30. The third kappa shape index (κ3) is 3.72. The van der Waals surface area contributed by atoms with Crippen molar-refractivity contribution >= 4 is 10.9 Å². The highest BCUT2D eigenvalue weighted by atomic mass is 16.5. The minimum atomic E-state index is 0.756. The standard InChI is InChI=1S/C22H26N2O/c1-25-21-8-6-18(7-9-21)10-13-23-14-11-19(16-23)17-24-15-12-20-4-2-3-5-22(20)24/h2-9,12,15,19H,10-11,13-14,16-17H2,1H3. The molecule has 0 radical (unpaired) electrons. The van der Waals surface area contributed by atoms with Gasteiger partial charge in [0.2, 0.25) is 0 Å². The van der Waals surface area contributed by atoms with E-state index in [1.54, 1.807) is 7.11 Å². The number of aromatic nitrogens is 1. The van der Waals surface area contributed by atoms with E-state index in [1.807, 2.05) is 0 Å². The molecule has 1 aromatic heterocycles. The lowest BCUT2D eigenvalue weighted by molar-refractivity contribution is 0.321. The number of fused-ring (bicyclic) bond motifs is 1. The molecule has 1 unspecified atom stereocenters. The van der Waals surface area contributed by atoms with E-state index < -0.39 is 0 Å². The molecule has 3 nitrogen and oxygen atoms in total. The molecule has 25 heavy (non-hydrogen) atoms. The lowest BCUT2D eigenvalue weighted by Gasteiger charge is -2.17. The fourth-order valence-corrected chi connectivity index (χ4v) is 3.92. The second-order valence-electron chi connectivity index (χ2n) is 7.08. The topological polar surface area (TPSA) is 17.4 Å². The van der Waals surface area contributed by atoms with E-state index in [9.17, 15) is 0 Å². The summed E-state index contributed by atoms with van der Waals surface area (Å²) in [7, 11) is 1.72. The summed E-state index contributed by atoms with van der Waals surface area (Å²) in [4.78, 5) is 2.61. The van der Waals surface area contributed by atoms with Gasteiger partial charge in [0.1, 0.15) is 5.75 Å². The zero-order chi connectivity index (χ0) is 17.1. The Morgan fingerprint density at radius 1 is 1.04 bits per heavy atom. The highest BCUT2D eigenvalue weighted by Gasteiger charge is 2.22. The van der Waals surface area contributed by atoms with Crippen molar-refractivity contribution < 1.29 is 4.74 Å². The van der Waals surface area contributed by atoms with Crippen LogP contribution >= 0.6 is 0 Å². The summed E-state index contributed by atoms with van der Waals surface area (Å²) in [6.07, 6.45) is 4.66. The molecule has 130 valence electrons. The van der Waals surface area contributed by atoms with E-state index in [1.165, 1.54) is 36.0 Å². The Kier molecular flexibility index (Phi) is 4.75. The lowest BCUT2D eigenvalue weighted by atomic mass is 10.1. The van der Waals surface area contributed by atoms with Crippen LogP contribution in [0.15, 0.2) is 60.8 Å². The molecular formula is C22H26N2O. The monoisotopic (exact) mass is 334 g/mol. The second kappa shape index (κ2) is 7.32. The van der Waals surface area contributed by atoms with E-state index >= 15 is 0 Å². The summed E-state index contributed by atoms with van der Waals surface area (Å²) < 4.78 is 7.65. The summed E-state index contributed by atoms with van der Waals surface area (Å²) in [6.45, 7) is 4.71. The maximum absolute atomic E-state index is 5.23. The summed E-state index contributed by atoms with van der Waals surface area (Å²) in [5, 5.41) is 1.34. The van der Waals surface area contributed by atoms with Gasteiger partial charge in [-0.05, 0) is 60.5 Å². The first-order valence-corrected chi connectivity index (χ1v) is 9.21. The molecule has 2 aromatic carbocycles. The third-order valence-corrected chi connectivity index (χ3v) is 5.38. The van der Waals surface area contributed by atoms with Crippen LogP contribution in [0.25, 0.3) is 10.9 Å². The Morgan fingerprint density at radius 2 is 1.88 bits per heavy atom. The Labute approximate surface area is 149 Å². The zero-order valence-corrected chi connectivity index (χ0v) is 14.9. The quantitative estimate of drug-likeness (QED) is 0.672. The molecule has 3 heteroatoms. The van der Waals surface area contributed by atoms with Crippen LogP contribution in [-0.2, 0) is 13.0 Å². The molecule has 0 bridgehead atoms. The number of methoxy groups -OCH3 is 1. The average Bonchev–Trinajstić information content (AvgIpc) is 3.28. The van der Waals surface area contributed by atoms with Crippen molar-refractivity contribution in [3.63, 3.8) is 0 Å². The van der Waals surface area contributed by atoms with Gasteiger partial charge in [-0.2, -0.15) is 0 Å². The highest BCUT2D eigenvalue weighted by molar-refractivity contribution is 5.79. The number of benzene rings is 2. The number of ether oxygens (including phenoxy) is 1. The van der Waals surface area contributed by atoms with Crippen LogP contribution in [-0.4, -0.2) is 36.2 Å². The molecule has 1 atom stereocenters. The smallest absolute Gasteiger partial charge is 0.118 e. The number of hydrogen-bond acceptors (Lipinski definition) is 2. The van der Waals surface area contributed by atoms with E-state index in [4.69, 9.17) is 4.74 Å². The van der Waals surface area contributed by atoms with Crippen LogP contribution in [0.4, 0.5) is 0 Å². The van der Waals surface area contributed by atoms with Gasteiger partial charge in [-0.1, -0.05) is 30.3 Å². The second-order valence-corrected chi connectivity index (χ2v) is 7.08. The van der Waals surface area contributed by atoms with Crippen molar-refractivity contribution in [3.8, 4) is 5.75 Å². The van der Waals surface area contributed by atoms with Crippen LogP contribution in [0, 0.1) is 5.92 Å². The molecule has 1 fully saturated rings. The minimum absolute atomic E-state index is 0.756. The van der Waals surface area contributed by atoms with Crippen LogP contribution in [0.3, 0.4) is 0 Å². The molecule has 1 aliphatic heterocycles. The first-order chi connectivity index (χ1) is 12.3. The number of para-hydroxylation sites is 1. The van der Waals surface area contributed by atoms with Crippen molar-refractivity contribution in [2.24, 2.45) is 5.92 Å². The third-order valence-electron chi connectivity index (χ3n) is 5.38. The molecule has 3 aromatic rings. The summed E-state index contributed by atoms with van der Waals surface area (Å²) >= 11 is 0. The zero-order valence-electron chi connectivity index (χ0n) is 14.9. The molecule has 1 saturated heterocycles. The van der Waals surface area contributed by atoms with Gasteiger partial charge in [0.25, 0.3) is 0 Å². The van der Waals surface area contributed by atoms with E-state index in [-0.39, 0.29) is 0 Å². The highest BCUT2D eigenvalue weighted by Crippen LogP contribution is 2.22. The van der Waals surface area contributed by atoms with Gasteiger partial charge >= 0.3 is 0 Å². The maximum Gasteiger partial charge on any atom is 0.118 e. The first kappa shape index (κ1) is 16.2. The van der Waals surface area contributed by atoms with Gasteiger partial charge in [0, 0.05) is 31.3 Å². The van der Waals surface area contributed by atoms with Gasteiger partial charge in [-0.25, -0.2) is 0 Å². The largest absolute Gasteiger partial charge is 0.497 e. The Hall–Kier alpha value is -2.26. The van der Waals surface area contributed by atoms with E-state index in [0.29, 0.717) is 0 Å². The van der Waals surface area contributed by atoms with Gasteiger partial charge in [-0.3, -0.25) is 0 Å². The first-order valence-electron chi connectivity index (χ1n) is 9.21. The summed E-state index contributed by atoms with van der Waals surface area (Å²) in [5.74, 6) is 1.69. The molecule has 0 spiro atoms. The molecule has 0 amide bonds. The van der Waals surface area contributed by atoms with Crippen molar-refractivity contribution in [2.75, 3.05) is 26.7 Å². The van der Waals surface area contributed by atoms with E-state index in [0.717, 1.165) is 31.2 Å². The number of nitrogens with zero attached hydrogens (tertiary/aromatic N) is 2. The SMILES string of the molecule is COc1ccc(CCN2CCC(Cn3ccc4ccccc43)C2)cc1. The summed E-state index contributed by atoms with van der Waals surface area (Å²) in [5.41, 5.74) is 2.75. The van der Waals surface area contributed by atoms with Crippen molar-refractivity contribution in [1.29, 1.82) is 0 Å². The van der Waals surface area contributed by atoms with Gasteiger partial charge in [0.05, 0.1) is 7.11 Å². The molecule has 0 aliphatic carbocycles. The number of rotatable bonds is 6.